The maximum absolute atomic E-state index is 13.9. The Morgan fingerprint density at radius 2 is 1.65 bits per heavy atom. The summed E-state index contributed by atoms with van der Waals surface area (Å²) in [7, 11) is 4.49. The van der Waals surface area contributed by atoms with E-state index in [0.29, 0.717) is 42.8 Å². The molecule has 1 heterocycles. The summed E-state index contributed by atoms with van der Waals surface area (Å²) in [6.07, 6.45) is 0. The average molecular weight is 445 g/mol. The van der Waals surface area contributed by atoms with E-state index in [-0.39, 0.29) is 5.02 Å². The van der Waals surface area contributed by atoms with Gasteiger partial charge in [-0.05, 0) is 0 Å². The maximum atomic E-state index is 13.9. The number of aromatic amines is 1. The number of H-pyrrole nitrogens is 1. The second-order valence-electron chi connectivity index (χ2n) is 5.52. The van der Waals surface area contributed by atoms with Crippen LogP contribution in [0.5, 0.6) is 17.2 Å². The molecule has 26 heavy (non-hydrogen) atoms. The summed E-state index contributed by atoms with van der Waals surface area (Å²) in [5.41, 5.74) is 1.34. The summed E-state index contributed by atoms with van der Waals surface area (Å²) in [5, 5.41) is 0.568. The SMILES string of the molecule is COc1cc([Se](=O)c2c(C)[nH]c3cc(Cl)c(F)cc23)cc(OC)c1OC. The molecule has 0 amide bonds. The van der Waals surface area contributed by atoms with Gasteiger partial charge in [-0.1, -0.05) is 0 Å². The van der Waals surface area contributed by atoms with Gasteiger partial charge in [-0.15, -0.1) is 0 Å². The van der Waals surface area contributed by atoms with Crippen molar-refractivity contribution in [3.63, 3.8) is 0 Å². The molecule has 0 spiro atoms. The van der Waals surface area contributed by atoms with Gasteiger partial charge in [0.25, 0.3) is 0 Å². The molecule has 1 aromatic heterocycles. The van der Waals surface area contributed by atoms with Crippen LogP contribution in [-0.2, 0) is 3.83 Å². The Bertz CT molecular complexity index is 993. The van der Waals surface area contributed by atoms with Crippen LogP contribution in [0.3, 0.4) is 0 Å². The van der Waals surface area contributed by atoms with E-state index in [0.717, 1.165) is 0 Å². The number of nitrogens with one attached hydrogen (secondary N) is 1. The third-order valence-corrected chi connectivity index (χ3v) is 7.57. The van der Waals surface area contributed by atoms with E-state index in [4.69, 9.17) is 25.8 Å². The zero-order chi connectivity index (χ0) is 19.0. The van der Waals surface area contributed by atoms with E-state index >= 15 is 0 Å². The van der Waals surface area contributed by atoms with Gasteiger partial charge in [0.1, 0.15) is 0 Å². The van der Waals surface area contributed by atoms with Gasteiger partial charge < -0.3 is 0 Å². The molecule has 0 radical (unpaired) electrons. The molecule has 2 aromatic carbocycles. The van der Waals surface area contributed by atoms with Gasteiger partial charge in [0.05, 0.1) is 0 Å². The molecule has 0 aliphatic heterocycles. The number of aromatic nitrogens is 1. The van der Waals surface area contributed by atoms with Gasteiger partial charge in [-0.3, -0.25) is 0 Å². The first-order valence-electron chi connectivity index (χ1n) is 7.60. The summed E-state index contributed by atoms with van der Waals surface area (Å²) in [4.78, 5) is 3.12. The summed E-state index contributed by atoms with van der Waals surface area (Å²) in [6, 6.07) is 6.12. The van der Waals surface area contributed by atoms with Crippen LogP contribution in [0.4, 0.5) is 4.39 Å². The minimum absolute atomic E-state index is 0.0144. The number of rotatable bonds is 5. The first-order valence-corrected chi connectivity index (χ1v) is 10.4. The molecular formula is C18H17ClFNO4Se. The average Bonchev–Trinajstić information content (AvgIpc) is 2.94. The fourth-order valence-electron chi connectivity index (χ4n) is 2.82. The Hall–Kier alpha value is -2.08. The molecule has 1 atom stereocenters. The summed E-state index contributed by atoms with van der Waals surface area (Å²) >= 11 is 3.09. The molecule has 0 saturated carbocycles. The normalized spacial score (nSPS) is 12.2. The minimum atomic E-state index is -2.75. The molecule has 0 fully saturated rings. The molecule has 0 bridgehead atoms. The summed E-state index contributed by atoms with van der Waals surface area (Å²) in [5.74, 6) is 0.700. The number of aryl methyl sites for hydroxylation is 1. The van der Waals surface area contributed by atoms with Crippen LogP contribution in [0.1, 0.15) is 5.69 Å². The van der Waals surface area contributed by atoms with E-state index < -0.39 is 19.7 Å². The van der Waals surface area contributed by atoms with Crippen molar-refractivity contribution in [1.29, 1.82) is 0 Å². The van der Waals surface area contributed by atoms with Gasteiger partial charge in [0, 0.05) is 0 Å². The molecule has 0 aliphatic rings. The fraction of sp³-hybridized carbons (Fsp3) is 0.222. The number of benzene rings is 2. The van der Waals surface area contributed by atoms with Gasteiger partial charge in [0.15, 0.2) is 0 Å². The van der Waals surface area contributed by atoms with Crippen LogP contribution in [0.15, 0.2) is 24.3 Å². The quantitative estimate of drug-likeness (QED) is 0.615. The van der Waals surface area contributed by atoms with Crippen molar-refractivity contribution in [2.24, 2.45) is 0 Å². The second kappa shape index (κ2) is 7.27. The van der Waals surface area contributed by atoms with Crippen LogP contribution >= 0.6 is 11.6 Å². The number of halogens is 2. The topological polar surface area (TPSA) is 60.6 Å². The molecule has 0 saturated heterocycles. The van der Waals surface area contributed by atoms with E-state index in [1.807, 2.05) is 0 Å². The third-order valence-electron chi connectivity index (χ3n) is 4.01. The van der Waals surface area contributed by atoms with Gasteiger partial charge >= 0.3 is 159 Å². The van der Waals surface area contributed by atoms with Crippen molar-refractivity contribution in [2.45, 2.75) is 6.92 Å². The number of hydrogen-bond acceptors (Lipinski definition) is 4. The van der Waals surface area contributed by atoms with Crippen LogP contribution < -0.4 is 23.1 Å². The van der Waals surface area contributed by atoms with Gasteiger partial charge in [-0.25, -0.2) is 0 Å². The molecule has 8 heteroatoms. The van der Waals surface area contributed by atoms with Crippen LogP contribution in [0, 0.1) is 12.7 Å². The zero-order valence-electron chi connectivity index (χ0n) is 14.6. The Kier molecular flexibility index (Phi) is 5.23. The molecule has 138 valence electrons. The molecular weight excluding hydrogens is 428 g/mol. The monoisotopic (exact) mass is 445 g/mol. The number of hydrogen-bond donors (Lipinski definition) is 1. The van der Waals surface area contributed by atoms with E-state index in [1.165, 1.54) is 33.5 Å². The van der Waals surface area contributed by atoms with Crippen molar-refractivity contribution < 1.29 is 22.4 Å². The zero-order valence-corrected chi connectivity index (χ0v) is 17.1. The van der Waals surface area contributed by atoms with Gasteiger partial charge in [0.2, 0.25) is 0 Å². The predicted octanol–water partition coefficient (Wildman–Crippen LogP) is 2.83. The standard InChI is InChI=1S/C18H17ClFNO4Se/c1-9-18(11-7-13(20)12(19)8-14(11)21-9)26(22)10-5-15(23-2)17(25-4)16(6-10)24-3/h5-8,21H,1-4H3. The van der Waals surface area contributed by atoms with E-state index in [9.17, 15) is 8.23 Å². The van der Waals surface area contributed by atoms with Crippen molar-refractivity contribution in [3.05, 3.63) is 40.8 Å². The fourth-order valence-corrected chi connectivity index (χ4v) is 5.84. The second-order valence-corrected chi connectivity index (χ2v) is 8.90. The predicted molar refractivity (Wildman–Crippen MR) is 99.8 cm³/mol. The third kappa shape index (κ3) is 3.07. The number of fused-ring (bicyclic) bond motifs is 1. The van der Waals surface area contributed by atoms with Crippen LogP contribution in [-0.4, -0.2) is 40.1 Å². The Morgan fingerprint density at radius 1 is 1.04 bits per heavy atom. The summed E-state index contributed by atoms with van der Waals surface area (Å²) < 4.78 is 44.4. The van der Waals surface area contributed by atoms with Crippen LogP contribution in [0.2, 0.25) is 5.02 Å². The molecule has 3 rings (SSSR count). The Labute approximate surface area is 159 Å². The van der Waals surface area contributed by atoms with Gasteiger partial charge in [-0.2, -0.15) is 0 Å². The first kappa shape index (κ1) is 18.7. The molecule has 1 N–H and O–H groups in total. The molecule has 0 aliphatic carbocycles. The first-order chi connectivity index (χ1) is 12.4. The van der Waals surface area contributed by atoms with Crippen molar-refractivity contribution >= 4 is 45.3 Å². The molecule has 1 unspecified atom stereocenters. The summed E-state index contributed by atoms with van der Waals surface area (Å²) in [6.45, 7) is 1.80. The number of ether oxygens (including phenoxy) is 3. The van der Waals surface area contributed by atoms with E-state index in [2.05, 4.69) is 4.98 Å². The Morgan fingerprint density at radius 3 is 2.19 bits per heavy atom. The van der Waals surface area contributed by atoms with Crippen molar-refractivity contribution in [1.82, 2.24) is 4.98 Å². The molecule has 5 nitrogen and oxygen atoms in total. The Balaban J connectivity index is 2.20. The molecule has 3 aromatic rings. The van der Waals surface area contributed by atoms with Crippen molar-refractivity contribution in [3.8, 4) is 17.2 Å². The van der Waals surface area contributed by atoms with E-state index in [1.54, 1.807) is 19.1 Å². The number of methoxy groups -OCH3 is 3. The van der Waals surface area contributed by atoms with Crippen LogP contribution in [0.25, 0.3) is 10.9 Å². The van der Waals surface area contributed by atoms with Crippen molar-refractivity contribution in [2.75, 3.05) is 21.3 Å².